The Morgan fingerprint density at radius 2 is 1.23 bits per heavy atom. The van der Waals surface area contributed by atoms with E-state index < -0.39 is 10.2 Å². The molecule has 1 heterocycles. The van der Waals surface area contributed by atoms with Crippen LogP contribution in [0.15, 0.2) is 102 Å². The van der Waals surface area contributed by atoms with E-state index in [2.05, 4.69) is 137 Å². The molecule has 6 rings (SSSR count). The molecule has 2 aliphatic rings. The Morgan fingerprint density at radius 1 is 0.667 bits per heavy atom. The van der Waals surface area contributed by atoms with Gasteiger partial charge in [0, 0.05) is 28.8 Å². The highest BCUT2D eigenvalue weighted by atomic mass is 35.7. The number of rotatable bonds is 10. The van der Waals surface area contributed by atoms with Crippen molar-refractivity contribution in [2.45, 2.75) is 97.3 Å². The molecule has 0 spiro atoms. The van der Waals surface area contributed by atoms with E-state index in [4.69, 9.17) is 18.6 Å². The minimum absolute atomic E-state index is 0.0437. The van der Waals surface area contributed by atoms with Gasteiger partial charge in [0.1, 0.15) is 0 Å². The molecule has 6 heteroatoms. The van der Waals surface area contributed by atoms with Crippen molar-refractivity contribution in [3.63, 3.8) is 0 Å². The molecule has 4 aromatic rings. The number of fused-ring (bicyclic) bond motifs is 6. The molecule has 0 saturated carbocycles. The largest absolute Gasteiger partial charge is 0.344 e. The summed E-state index contributed by atoms with van der Waals surface area (Å²) in [4.78, 5) is 2.63. The third-order valence-electron chi connectivity index (χ3n) is 10.2. The molecule has 0 bridgehead atoms. The topological polar surface area (TPSA) is 95.5 Å². The first-order chi connectivity index (χ1) is 22.8. The summed E-state index contributed by atoms with van der Waals surface area (Å²) >= 11 is 0. The fourth-order valence-electron chi connectivity index (χ4n) is 8.02. The maximum atomic E-state index is 8.49. The predicted octanol–water partition coefficient (Wildman–Crippen LogP) is 7.29. The van der Waals surface area contributed by atoms with Gasteiger partial charge < -0.3 is 4.90 Å². The van der Waals surface area contributed by atoms with Gasteiger partial charge in [0.15, 0.2) is 0 Å². The Balaban J connectivity index is 0.000000840. The van der Waals surface area contributed by atoms with Gasteiger partial charge in [-0.1, -0.05) is 146 Å². The molecule has 1 aliphatic carbocycles. The number of halogens is 1. The van der Waals surface area contributed by atoms with E-state index in [0.717, 1.165) is 13.0 Å². The van der Waals surface area contributed by atoms with Gasteiger partial charge in [0.05, 0.1) is 0 Å². The van der Waals surface area contributed by atoms with Gasteiger partial charge in [-0.25, -0.2) is 18.6 Å². The highest BCUT2D eigenvalue weighted by molar-refractivity contribution is 5.97. The first kappa shape index (κ1) is 35.8. The van der Waals surface area contributed by atoms with Crippen LogP contribution in [-0.4, -0.2) is 6.54 Å². The number of benzene rings is 4. The second-order valence-corrected chi connectivity index (χ2v) is 14.9. The maximum Gasteiger partial charge on any atom is 0.0457 e. The molecule has 4 aromatic carbocycles. The van der Waals surface area contributed by atoms with Crippen LogP contribution < -0.4 is 23.5 Å². The van der Waals surface area contributed by atoms with Crippen molar-refractivity contribution >= 4 is 32.8 Å². The van der Waals surface area contributed by atoms with Crippen molar-refractivity contribution < 1.29 is 28.9 Å². The van der Waals surface area contributed by atoms with Crippen molar-refractivity contribution in [3.05, 3.63) is 119 Å². The lowest BCUT2D eigenvalue weighted by Gasteiger charge is -2.27. The molecule has 0 atom stereocenters. The number of unbranched alkanes of at least 4 members (excludes halogenated alkanes) is 4. The van der Waals surface area contributed by atoms with Crippen molar-refractivity contribution in [1.82, 2.24) is 0 Å². The minimum Gasteiger partial charge on any atom is -0.344 e. The fourth-order valence-corrected chi connectivity index (χ4v) is 8.02. The van der Waals surface area contributed by atoms with Gasteiger partial charge in [-0.15, -0.1) is 10.2 Å². The van der Waals surface area contributed by atoms with Crippen LogP contribution in [0.4, 0.5) is 5.69 Å². The minimum atomic E-state index is -4.94. The van der Waals surface area contributed by atoms with E-state index in [1.165, 1.54) is 93.7 Å². The second-order valence-electron chi connectivity index (χ2n) is 14.1. The lowest BCUT2D eigenvalue weighted by Crippen LogP contribution is -2.68. The molecular weight excluding hydrogens is 618 g/mol. The summed E-state index contributed by atoms with van der Waals surface area (Å²) in [6.45, 7) is 15.4. The van der Waals surface area contributed by atoms with Crippen LogP contribution in [0.1, 0.15) is 103 Å². The SMILES string of the molecule is CCCCCC1=C(/C=C/C=C2\N(CCCCC)c3ccc4ccccc4c3C2(C)C)C(C)(C)c2c1ccc1ccccc21.[O-][Cl+3]([O-])([O-])[O-]. The molecule has 5 nitrogen and oxygen atoms in total. The van der Waals surface area contributed by atoms with E-state index >= 15 is 0 Å². The summed E-state index contributed by atoms with van der Waals surface area (Å²) in [6, 6.07) is 27.3. The molecule has 0 saturated heterocycles. The van der Waals surface area contributed by atoms with Crippen molar-refractivity contribution in [2.75, 3.05) is 11.4 Å². The Morgan fingerprint density at radius 3 is 1.85 bits per heavy atom. The van der Waals surface area contributed by atoms with Gasteiger partial charge in [-0.2, -0.15) is 0 Å². The third-order valence-corrected chi connectivity index (χ3v) is 10.2. The summed E-state index contributed by atoms with van der Waals surface area (Å²) in [7, 11) is -4.94. The number of allylic oxidation sites excluding steroid dienone is 6. The van der Waals surface area contributed by atoms with Gasteiger partial charge in [0.25, 0.3) is 0 Å². The molecule has 48 heavy (non-hydrogen) atoms. The van der Waals surface area contributed by atoms with Crippen molar-refractivity contribution in [2.24, 2.45) is 0 Å². The Labute approximate surface area is 288 Å². The molecule has 0 fully saturated rings. The predicted molar refractivity (Wildman–Crippen MR) is 189 cm³/mol. The average molecular weight is 667 g/mol. The maximum absolute atomic E-state index is 8.49. The van der Waals surface area contributed by atoms with Gasteiger partial charge in [0.2, 0.25) is 0 Å². The molecular formula is C42H49ClNO4-. The van der Waals surface area contributed by atoms with Gasteiger partial charge in [-0.3, -0.25) is 0 Å². The third kappa shape index (κ3) is 7.27. The number of hydrogen-bond acceptors (Lipinski definition) is 5. The van der Waals surface area contributed by atoms with Crippen LogP contribution in [0.5, 0.6) is 0 Å². The molecule has 1 aliphatic heterocycles. The van der Waals surface area contributed by atoms with Crippen LogP contribution in [-0.2, 0) is 10.8 Å². The first-order valence-corrected chi connectivity index (χ1v) is 18.6. The van der Waals surface area contributed by atoms with E-state index in [0.29, 0.717) is 0 Å². The Kier molecular flexibility index (Phi) is 10.9. The van der Waals surface area contributed by atoms with Crippen LogP contribution in [0.25, 0.3) is 27.1 Å². The lowest BCUT2D eigenvalue weighted by molar-refractivity contribution is -2.00. The smallest absolute Gasteiger partial charge is 0.0457 e. The molecule has 0 unspecified atom stereocenters. The molecule has 0 amide bonds. The number of hydrogen-bond donors (Lipinski definition) is 0. The highest BCUT2D eigenvalue weighted by Gasteiger charge is 2.41. The average Bonchev–Trinajstić information content (AvgIpc) is 3.39. The standard InChI is InChI=1S/C42H49N.ClHO4/c1-7-9-11-22-34-35-27-25-30-18-12-14-20-32(30)39(35)41(3,4)36(34)23-17-24-38-42(5,6)40-33-21-15-13-19-31(33)26-28-37(40)43(38)29-16-10-8-2;2-1(3,4)5/h12-15,17-21,23-28H,7-11,16,22,29H2,1-6H3;(H,2,3,4,5)/p-1/b23-17+,38-24-;. The van der Waals surface area contributed by atoms with Crippen LogP contribution >= 0.6 is 0 Å². The summed E-state index contributed by atoms with van der Waals surface area (Å²) < 4.78 is 34.0. The zero-order valence-electron chi connectivity index (χ0n) is 29.3. The highest BCUT2D eigenvalue weighted by Crippen LogP contribution is 2.53. The number of nitrogens with zero attached hydrogens (tertiary/aromatic N) is 1. The zero-order valence-corrected chi connectivity index (χ0v) is 30.0. The van der Waals surface area contributed by atoms with Crippen LogP contribution in [0.2, 0.25) is 0 Å². The van der Waals surface area contributed by atoms with Crippen molar-refractivity contribution in [3.8, 4) is 0 Å². The van der Waals surface area contributed by atoms with E-state index in [-0.39, 0.29) is 10.8 Å². The van der Waals surface area contributed by atoms with Gasteiger partial charge >= 0.3 is 0 Å². The molecule has 0 N–H and O–H groups in total. The van der Waals surface area contributed by atoms with E-state index in [1.54, 1.807) is 5.57 Å². The number of anilines is 1. The van der Waals surface area contributed by atoms with Crippen LogP contribution in [0.3, 0.4) is 0 Å². The Bertz CT molecular complexity index is 1860. The summed E-state index contributed by atoms with van der Waals surface area (Å²) in [5, 5.41) is 5.47. The molecule has 0 radical (unpaired) electrons. The van der Waals surface area contributed by atoms with E-state index in [9.17, 15) is 0 Å². The van der Waals surface area contributed by atoms with Crippen LogP contribution in [0, 0.1) is 10.2 Å². The monoisotopic (exact) mass is 666 g/mol. The van der Waals surface area contributed by atoms with Gasteiger partial charge in [-0.05, 0) is 80.8 Å². The summed E-state index contributed by atoms with van der Waals surface area (Å²) in [5.74, 6) is 0. The zero-order chi connectivity index (χ0) is 34.7. The summed E-state index contributed by atoms with van der Waals surface area (Å²) in [6.07, 6.45) is 15.9. The Hall–Kier alpha value is -3.45. The molecule has 0 aromatic heterocycles. The normalized spacial score (nSPS) is 17.4. The lowest BCUT2D eigenvalue weighted by atomic mass is 9.78. The van der Waals surface area contributed by atoms with Crippen molar-refractivity contribution in [1.29, 1.82) is 0 Å². The first-order valence-electron chi connectivity index (χ1n) is 17.4. The van der Waals surface area contributed by atoms with E-state index in [1.807, 2.05) is 0 Å². The fraction of sp³-hybridized carbons (Fsp3) is 0.381. The second kappa shape index (κ2) is 14.6. The summed E-state index contributed by atoms with van der Waals surface area (Å²) in [5.41, 5.74) is 10.2. The quantitative estimate of drug-likeness (QED) is 0.166. The molecule has 254 valence electrons.